The summed E-state index contributed by atoms with van der Waals surface area (Å²) >= 11 is 0. The van der Waals surface area contributed by atoms with E-state index in [9.17, 15) is 8.42 Å². The molecule has 2 aromatic carbocycles. The fourth-order valence-corrected chi connectivity index (χ4v) is 4.68. The second kappa shape index (κ2) is 8.87. The number of rotatable bonds is 8. The Kier molecular flexibility index (Phi) is 6.52. The van der Waals surface area contributed by atoms with Crippen LogP contribution in [0, 0.1) is 0 Å². The summed E-state index contributed by atoms with van der Waals surface area (Å²) in [5, 5.41) is 3.39. The zero-order valence-corrected chi connectivity index (χ0v) is 16.8. The molecular formula is C21H28N2O3S. The van der Waals surface area contributed by atoms with Crippen LogP contribution in [0.1, 0.15) is 37.8 Å². The summed E-state index contributed by atoms with van der Waals surface area (Å²) in [6.07, 6.45) is 2.07. The van der Waals surface area contributed by atoms with Crippen LogP contribution >= 0.6 is 0 Å². The third-order valence-electron chi connectivity index (χ3n) is 4.58. The highest BCUT2D eigenvalue weighted by atomic mass is 32.2. The van der Waals surface area contributed by atoms with E-state index in [0.717, 1.165) is 30.7 Å². The smallest absolute Gasteiger partial charge is 0.243 e. The Morgan fingerprint density at radius 3 is 1.96 bits per heavy atom. The molecule has 3 rings (SSSR count). The van der Waals surface area contributed by atoms with Gasteiger partial charge in [-0.1, -0.05) is 24.3 Å². The van der Waals surface area contributed by atoms with Gasteiger partial charge in [0, 0.05) is 26.2 Å². The molecular weight excluding hydrogens is 360 g/mol. The van der Waals surface area contributed by atoms with Crippen LogP contribution in [-0.4, -0.2) is 31.9 Å². The molecule has 0 unspecified atom stereocenters. The van der Waals surface area contributed by atoms with E-state index in [1.54, 1.807) is 16.4 Å². The van der Waals surface area contributed by atoms with Crippen molar-refractivity contribution in [2.45, 2.75) is 50.8 Å². The zero-order chi connectivity index (χ0) is 19.3. The monoisotopic (exact) mass is 388 g/mol. The topological polar surface area (TPSA) is 58.6 Å². The lowest BCUT2D eigenvalue weighted by Gasteiger charge is -2.15. The van der Waals surface area contributed by atoms with E-state index in [1.807, 2.05) is 38.1 Å². The Balaban J connectivity index is 1.51. The SMILES string of the molecule is CC(C)Oc1ccc(CNCc2ccc(S(=O)(=O)N3CCCC3)cc2)cc1. The minimum atomic E-state index is -3.33. The number of hydrogen-bond donors (Lipinski definition) is 1. The van der Waals surface area contributed by atoms with E-state index in [-0.39, 0.29) is 6.10 Å². The average molecular weight is 389 g/mol. The van der Waals surface area contributed by atoms with E-state index >= 15 is 0 Å². The summed E-state index contributed by atoms with van der Waals surface area (Å²) in [7, 11) is -3.33. The molecule has 146 valence electrons. The van der Waals surface area contributed by atoms with Crippen molar-refractivity contribution in [2.24, 2.45) is 0 Å². The molecule has 1 fully saturated rings. The lowest BCUT2D eigenvalue weighted by molar-refractivity contribution is 0.242. The van der Waals surface area contributed by atoms with Crippen LogP contribution in [0.2, 0.25) is 0 Å². The molecule has 0 amide bonds. The quantitative estimate of drug-likeness (QED) is 0.751. The molecule has 0 atom stereocenters. The van der Waals surface area contributed by atoms with E-state index < -0.39 is 10.0 Å². The number of benzene rings is 2. The maximum atomic E-state index is 12.5. The third-order valence-corrected chi connectivity index (χ3v) is 6.49. The van der Waals surface area contributed by atoms with E-state index in [4.69, 9.17) is 4.74 Å². The van der Waals surface area contributed by atoms with Crippen LogP contribution in [0.3, 0.4) is 0 Å². The van der Waals surface area contributed by atoms with Gasteiger partial charge in [0.05, 0.1) is 11.0 Å². The first-order chi connectivity index (χ1) is 12.9. The first kappa shape index (κ1) is 19.9. The summed E-state index contributed by atoms with van der Waals surface area (Å²) in [6.45, 7) is 6.72. The number of hydrogen-bond acceptors (Lipinski definition) is 4. The molecule has 1 aliphatic rings. The van der Waals surface area contributed by atoms with Crippen molar-refractivity contribution in [3.8, 4) is 5.75 Å². The van der Waals surface area contributed by atoms with Crippen LogP contribution in [-0.2, 0) is 23.1 Å². The molecule has 1 heterocycles. The van der Waals surface area contributed by atoms with Crippen LogP contribution in [0.15, 0.2) is 53.4 Å². The molecule has 0 saturated carbocycles. The first-order valence-electron chi connectivity index (χ1n) is 9.50. The van der Waals surface area contributed by atoms with Crippen molar-refractivity contribution in [3.05, 3.63) is 59.7 Å². The van der Waals surface area contributed by atoms with E-state index in [2.05, 4.69) is 17.4 Å². The predicted molar refractivity (Wildman–Crippen MR) is 107 cm³/mol. The fourth-order valence-electron chi connectivity index (χ4n) is 3.17. The molecule has 6 heteroatoms. The second-order valence-electron chi connectivity index (χ2n) is 7.17. The summed E-state index contributed by atoms with van der Waals surface area (Å²) in [6, 6.07) is 15.3. The number of nitrogens with zero attached hydrogens (tertiary/aromatic N) is 1. The molecule has 0 aliphatic carbocycles. The van der Waals surface area contributed by atoms with Gasteiger partial charge < -0.3 is 10.1 Å². The summed E-state index contributed by atoms with van der Waals surface area (Å²) in [5.74, 6) is 0.878. The lowest BCUT2D eigenvalue weighted by Crippen LogP contribution is -2.27. The average Bonchev–Trinajstić information content (AvgIpc) is 3.19. The normalized spacial score (nSPS) is 15.4. The van der Waals surface area contributed by atoms with Gasteiger partial charge in [-0.05, 0) is 62.1 Å². The molecule has 1 saturated heterocycles. The molecule has 0 spiro atoms. The Morgan fingerprint density at radius 2 is 1.44 bits per heavy atom. The Bertz CT molecular complexity index is 825. The van der Waals surface area contributed by atoms with Gasteiger partial charge in [-0.25, -0.2) is 8.42 Å². The molecule has 5 nitrogen and oxygen atoms in total. The van der Waals surface area contributed by atoms with Crippen LogP contribution in [0.4, 0.5) is 0 Å². The largest absolute Gasteiger partial charge is 0.491 e. The minimum absolute atomic E-state index is 0.172. The van der Waals surface area contributed by atoms with Gasteiger partial charge in [0.25, 0.3) is 0 Å². The van der Waals surface area contributed by atoms with Crippen LogP contribution in [0.25, 0.3) is 0 Å². The van der Waals surface area contributed by atoms with Crippen molar-refractivity contribution >= 4 is 10.0 Å². The molecule has 0 bridgehead atoms. The number of sulfonamides is 1. The van der Waals surface area contributed by atoms with Gasteiger partial charge in [0.15, 0.2) is 0 Å². The van der Waals surface area contributed by atoms with Gasteiger partial charge >= 0.3 is 0 Å². The van der Waals surface area contributed by atoms with Gasteiger partial charge in [-0.3, -0.25) is 0 Å². The Labute approximate surface area is 162 Å². The fraction of sp³-hybridized carbons (Fsp3) is 0.429. The highest BCUT2D eigenvalue weighted by molar-refractivity contribution is 7.89. The highest BCUT2D eigenvalue weighted by Gasteiger charge is 2.26. The number of ether oxygens (including phenoxy) is 1. The Morgan fingerprint density at radius 1 is 0.926 bits per heavy atom. The molecule has 0 radical (unpaired) electrons. The molecule has 1 N–H and O–H groups in total. The van der Waals surface area contributed by atoms with Crippen molar-refractivity contribution < 1.29 is 13.2 Å². The molecule has 2 aromatic rings. The van der Waals surface area contributed by atoms with Crippen molar-refractivity contribution in [3.63, 3.8) is 0 Å². The molecule has 1 aliphatic heterocycles. The molecule has 0 aromatic heterocycles. The van der Waals surface area contributed by atoms with Gasteiger partial charge in [0.2, 0.25) is 10.0 Å². The van der Waals surface area contributed by atoms with E-state index in [0.29, 0.717) is 24.5 Å². The van der Waals surface area contributed by atoms with Gasteiger partial charge in [-0.2, -0.15) is 4.31 Å². The molecule has 27 heavy (non-hydrogen) atoms. The minimum Gasteiger partial charge on any atom is -0.491 e. The summed E-state index contributed by atoms with van der Waals surface area (Å²) in [5.41, 5.74) is 2.24. The lowest BCUT2D eigenvalue weighted by atomic mass is 10.2. The zero-order valence-electron chi connectivity index (χ0n) is 16.0. The predicted octanol–water partition coefficient (Wildman–Crippen LogP) is 3.55. The maximum absolute atomic E-state index is 12.5. The van der Waals surface area contributed by atoms with Gasteiger partial charge in [0.1, 0.15) is 5.75 Å². The van der Waals surface area contributed by atoms with Crippen molar-refractivity contribution in [2.75, 3.05) is 13.1 Å². The summed E-state index contributed by atoms with van der Waals surface area (Å²) < 4.78 is 32.3. The van der Waals surface area contributed by atoms with E-state index in [1.165, 1.54) is 5.56 Å². The summed E-state index contributed by atoms with van der Waals surface area (Å²) in [4.78, 5) is 0.383. The second-order valence-corrected chi connectivity index (χ2v) is 9.11. The Hall–Kier alpha value is -1.89. The van der Waals surface area contributed by atoms with Crippen LogP contribution < -0.4 is 10.1 Å². The number of nitrogens with one attached hydrogen (secondary N) is 1. The van der Waals surface area contributed by atoms with Crippen molar-refractivity contribution in [1.29, 1.82) is 0 Å². The van der Waals surface area contributed by atoms with Crippen molar-refractivity contribution in [1.82, 2.24) is 9.62 Å². The van der Waals surface area contributed by atoms with Crippen LogP contribution in [0.5, 0.6) is 5.75 Å². The third kappa shape index (κ3) is 5.31. The standard InChI is InChI=1S/C21H28N2O3S/c1-17(2)26-20-9-5-18(6-10-20)15-22-16-19-7-11-21(12-8-19)27(24,25)23-13-3-4-14-23/h5-12,17,22H,3-4,13-16H2,1-2H3. The highest BCUT2D eigenvalue weighted by Crippen LogP contribution is 2.21. The van der Waals surface area contributed by atoms with Gasteiger partial charge in [-0.15, -0.1) is 0 Å². The maximum Gasteiger partial charge on any atom is 0.243 e. The first-order valence-corrected chi connectivity index (χ1v) is 10.9.